The van der Waals surface area contributed by atoms with Crippen LogP contribution in [-0.4, -0.2) is 29.7 Å². The minimum Gasteiger partial charge on any atom is -0.295 e. The van der Waals surface area contributed by atoms with E-state index in [2.05, 4.69) is 11.9 Å². The number of hydrogen-bond acceptors (Lipinski definition) is 2. The summed E-state index contributed by atoms with van der Waals surface area (Å²) < 4.78 is 0. The molecule has 1 amide bonds. The second-order valence-electron chi connectivity index (χ2n) is 4.36. The fourth-order valence-electron chi connectivity index (χ4n) is 2.03. The zero-order valence-electron chi connectivity index (χ0n) is 10.5. The molecule has 1 aromatic rings. The third-order valence-electron chi connectivity index (χ3n) is 2.97. The van der Waals surface area contributed by atoms with Gasteiger partial charge < -0.3 is 0 Å². The van der Waals surface area contributed by atoms with Crippen molar-refractivity contribution in [3.05, 3.63) is 34.9 Å². The number of hydrogen-bond donors (Lipinski definition) is 0. The third-order valence-corrected chi connectivity index (χ3v) is 3.20. The summed E-state index contributed by atoms with van der Waals surface area (Å²) in [4.78, 5) is 18.3. The maximum atomic E-state index is 12.1. The van der Waals surface area contributed by atoms with Crippen molar-refractivity contribution in [3.63, 3.8) is 0 Å². The van der Waals surface area contributed by atoms with Gasteiger partial charge in [0.15, 0.2) is 0 Å². The molecule has 1 aliphatic heterocycles. The van der Waals surface area contributed by atoms with Crippen LogP contribution in [0.2, 0.25) is 5.02 Å². The van der Waals surface area contributed by atoms with Crippen LogP contribution in [0.15, 0.2) is 29.3 Å². The molecule has 96 valence electrons. The molecular weight excluding hydrogens is 248 g/mol. The predicted molar refractivity (Wildman–Crippen MR) is 74.1 cm³/mol. The van der Waals surface area contributed by atoms with E-state index in [4.69, 9.17) is 11.6 Å². The standard InChI is InChI=1S/C14H17ClN2O/c1-2-3-7-13(18)17-9-8-16-14(17)11-5-4-6-12(15)10-11/h4-6,10H,2-3,7-9H2,1H3. The van der Waals surface area contributed by atoms with Gasteiger partial charge in [0.05, 0.1) is 6.54 Å². The lowest BCUT2D eigenvalue weighted by Gasteiger charge is -2.18. The van der Waals surface area contributed by atoms with Crippen molar-refractivity contribution < 1.29 is 4.79 Å². The van der Waals surface area contributed by atoms with Gasteiger partial charge in [-0.1, -0.05) is 37.1 Å². The molecule has 0 saturated carbocycles. The Morgan fingerprint density at radius 1 is 1.50 bits per heavy atom. The van der Waals surface area contributed by atoms with Crippen LogP contribution < -0.4 is 0 Å². The van der Waals surface area contributed by atoms with Gasteiger partial charge in [-0.2, -0.15) is 0 Å². The van der Waals surface area contributed by atoms with Crippen LogP contribution in [0.5, 0.6) is 0 Å². The minimum atomic E-state index is 0.160. The lowest BCUT2D eigenvalue weighted by molar-refractivity contribution is -0.127. The summed E-state index contributed by atoms with van der Waals surface area (Å²) in [5, 5.41) is 0.669. The van der Waals surface area contributed by atoms with Gasteiger partial charge in [-0.05, 0) is 18.6 Å². The van der Waals surface area contributed by atoms with E-state index < -0.39 is 0 Å². The summed E-state index contributed by atoms with van der Waals surface area (Å²) in [5.74, 6) is 0.923. The number of rotatable bonds is 4. The molecule has 0 unspecified atom stereocenters. The van der Waals surface area contributed by atoms with E-state index in [1.165, 1.54) is 0 Å². The van der Waals surface area contributed by atoms with E-state index in [9.17, 15) is 4.79 Å². The van der Waals surface area contributed by atoms with Crippen LogP contribution in [0.1, 0.15) is 31.7 Å². The first-order chi connectivity index (χ1) is 8.72. The van der Waals surface area contributed by atoms with E-state index >= 15 is 0 Å². The van der Waals surface area contributed by atoms with Gasteiger partial charge in [0.2, 0.25) is 5.91 Å². The number of aliphatic imine (C=N–C) groups is 1. The highest BCUT2D eigenvalue weighted by Gasteiger charge is 2.24. The highest BCUT2D eigenvalue weighted by Crippen LogP contribution is 2.17. The smallest absolute Gasteiger partial charge is 0.228 e. The Labute approximate surface area is 112 Å². The monoisotopic (exact) mass is 264 g/mol. The molecule has 0 aromatic heterocycles. The van der Waals surface area contributed by atoms with Crippen molar-refractivity contribution in [2.45, 2.75) is 26.2 Å². The first kappa shape index (κ1) is 13.1. The maximum absolute atomic E-state index is 12.1. The Hall–Kier alpha value is -1.35. The summed E-state index contributed by atoms with van der Waals surface area (Å²) in [5.41, 5.74) is 0.921. The summed E-state index contributed by atoms with van der Waals surface area (Å²) in [6, 6.07) is 7.50. The second-order valence-corrected chi connectivity index (χ2v) is 4.80. The van der Waals surface area contributed by atoms with Crippen molar-refractivity contribution in [2.24, 2.45) is 4.99 Å². The lowest BCUT2D eigenvalue weighted by atomic mass is 10.1. The Kier molecular flexibility index (Phi) is 4.37. The quantitative estimate of drug-likeness (QED) is 0.822. The average molecular weight is 265 g/mol. The number of halogens is 1. The summed E-state index contributed by atoms with van der Waals surface area (Å²) in [6.45, 7) is 3.45. The third kappa shape index (κ3) is 2.91. The van der Waals surface area contributed by atoms with Crippen molar-refractivity contribution >= 4 is 23.3 Å². The lowest BCUT2D eigenvalue weighted by Crippen LogP contribution is -2.34. The van der Waals surface area contributed by atoms with Crippen LogP contribution in [-0.2, 0) is 4.79 Å². The van der Waals surface area contributed by atoms with Crippen LogP contribution in [0, 0.1) is 0 Å². The summed E-state index contributed by atoms with van der Waals surface area (Å²) in [6.07, 6.45) is 2.55. The molecule has 0 N–H and O–H groups in total. The molecule has 0 bridgehead atoms. The summed E-state index contributed by atoms with van der Waals surface area (Å²) in [7, 11) is 0. The van der Waals surface area contributed by atoms with E-state index in [1.807, 2.05) is 24.3 Å². The van der Waals surface area contributed by atoms with Crippen LogP contribution in [0.4, 0.5) is 0 Å². The van der Waals surface area contributed by atoms with Gasteiger partial charge in [0, 0.05) is 23.6 Å². The Morgan fingerprint density at radius 3 is 3.06 bits per heavy atom. The molecule has 0 fully saturated rings. The number of unbranched alkanes of at least 4 members (excludes halogenated alkanes) is 1. The van der Waals surface area contributed by atoms with Gasteiger partial charge in [-0.3, -0.25) is 14.7 Å². The van der Waals surface area contributed by atoms with Crippen LogP contribution in [0.3, 0.4) is 0 Å². The molecular formula is C14H17ClN2O. The van der Waals surface area contributed by atoms with E-state index in [1.54, 1.807) is 4.90 Å². The number of amidine groups is 1. The average Bonchev–Trinajstić information content (AvgIpc) is 2.85. The zero-order valence-corrected chi connectivity index (χ0v) is 11.3. The summed E-state index contributed by atoms with van der Waals surface area (Å²) >= 11 is 5.98. The SMILES string of the molecule is CCCCC(=O)N1CCN=C1c1cccc(Cl)c1. The van der Waals surface area contributed by atoms with Gasteiger partial charge in [0.25, 0.3) is 0 Å². The Balaban J connectivity index is 2.15. The molecule has 1 heterocycles. The van der Waals surface area contributed by atoms with Crippen LogP contribution in [0.25, 0.3) is 0 Å². The molecule has 1 aromatic carbocycles. The number of carbonyl (C=O) groups is 1. The highest BCUT2D eigenvalue weighted by molar-refractivity contribution is 6.31. The molecule has 1 aliphatic rings. The van der Waals surface area contributed by atoms with Crippen molar-refractivity contribution in [3.8, 4) is 0 Å². The van der Waals surface area contributed by atoms with Gasteiger partial charge >= 0.3 is 0 Å². The molecule has 0 spiro atoms. The van der Waals surface area contributed by atoms with Crippen molar-refractivity contribution in [1.82, 2.24) is 4.90 Å². The van der Waals surface area contributed by atoms with Gasteiger partial charge in [-0.15, -0.1) is 0 Å². The van der Waals surface area contributed by atoms with Gasteiger partial charge in [-0.25, -0.2) is 0 Å². The number of carbonyl (C=O) groups excluding carboxylic acids is 1. The van der Waals surface area contributed by atoms with Gasteiger partial charge in [0.1, 0.15) is 5.84 Å². The van der Waals surface area contributed by atoms with Crippen LogP contribution >= 0.6 is 11.6 Å². The maximum Gasteiger partial charge on any atom is 0.228 e. The zero-order chi connectivity index (χ0) is 13.0. The molecule has 3 nitrogen and oxygen atoms in total. The predicted octanol–water partition coefficient (Wildman–Crippen LogP) is 3.12. The molecule has 4 heteroatoms. The molecule has 18 heavy (non-hydrogen) atoms. The second kappa shape index (κ2) is 6.01. The normalized spacial score (nSPS) is 14.8. The fraction of sp³-hybridized carbons (Fsp3) is 0.429. The fourth-order valence-corrected chi connectivity index (χ4v) is 2.22. The number of benzene rings is 1. The Morgan fingerprint density at radius 2 is 2.33 bits per heavy atom. The van der Waals surface area contributed by atoms with E-state index in [0.717, 1.165) is 24.2 Å². The number of nitrogens with zero attached hydrogens (tertiary/aromatic N) is 2. The highest BCUT2D eigenvalue weighted by atomic mass is 35.5. The minimum absolute atomic E-state index is 0.160. The molecule has 0 atom stereocenters. The van der Waals surface area contributed by atoms with Crippen molar-refractivity contribution in [1.29, 1.82) is 0 Å². The van der Waals surface area contributed by atoms with E-state index in [0.29, 0.717) is 24.5 Å². The molecule has 0 radical (unpaired) electrons. The van der Waals surface area contributed by atoms with E-state index in [-0.39, 0.29) is 5.91 Å². The Bertz CT molecular complexity index is 471. The molecule has 0 aliphatic carbocycles. The number of amides is 1. The van der Waals surface area contributed by atoms with Crippen molar-refractivity contribution in [2.75, 3.05) is 13.1 Å². The first-order valence-electron chi connectivity index (χ1n) is 6.33. The molecule has 0 saturated heterocycles. The largest absolute Gasteiger partial charge is 0.295 e. The topological polar surface area (TPSA) is 32.7 Å². The first-order valence-corrected chi connectivity index (χ1v) is 6.71. The molecule has 2 rings (SSSR count).